The number of carbonyl (C=O) groups excluding carboxylic acids is 3. The van der Waals surface area contributed by atoms with Crippen LogP contribution in [0.4, 0.5) is 0 Å². The van der Waals surface area contributed by atoms with E-state index in [-0.39, 0.29) is 21.2 Å². The van der Waals surface area contributed by atoms with Gasteiger partial charge in [0.2, 0.25) is 0 Å². The van der Waals surface area contributed by atoms with Gasteiger partial charge in [0, 0.05) is 0 Å². The third-order valence-corrected chi connectivity index (χ3v) is 4.04. The van der Waals surface area contributed by atoms with Gasteiger partial charge in [-0.3, -0.25) is 4.79 Å². The number of hydrogen-bond donors (Lipinski definition) is 1. The molecule has 0 aliphatic carbocycles. The first-order chi connectivity index (χ1) is 12.4. The Labute approximate surface area is 160 Å². The molecule has 0 aliphatic rings. The molecule has 0 spiro atoms. The van der Waals surface area contributed by atoms with Crippen LogP contribution in [0, 0.1) is 0 Å². The zero-order valence-corrected chi connectivity index (χ0v) is 15.2. The second kappa shape index (κ2) is 9.22. The van der Waals surface area contributed by atoms with Crippen LogP contribution in [0.3, 0.4) is 0 Å². The first kappa shape index (κ1) is 19.8. The molecule has 136 valence electrons. The standard InChI is InChI=1S/C18H15Cl2NO5/c1-25-18(24)15(21-16(22)11-6-2-4-8-13(11)19)10-26-17(23)12-7-3-5-9-14(12)20/h2-9,15H,10H2,1H3,(H,21,22). The highest BCUT2D eigenvalue weighted by Crippen LogP contribution is 2.17. The SMILES string of the molecule is COC(=O)C(COC(=O)c1ccccc1Cl)NC(=O)c1ccccc1Cl. The average molecular weight is 396 g/mol. The molecule has 1 atom stereocenters. The lowest BCUT2D eigenvalue weighted by Gasteiger charge is -2.17. The molecule has 2 aromatic carbocycles. The fraction of sp³-hybridized carbons (Fsp3) is 0.167. The van der Waals surface area contributed by atoms with E-state index in [9.17, 15) is 14.4 Å². The van der Waals surface area contributed by atoms with Gasteiger partial charge in [-0.1, -0.05) is 47.5 Å². The van der Waals surface area contributed by atoms with Crippen LogP contribution in [0.15, 0.2) is 48.5 Å². The van der Waals surface area contributed by atoms with Crippen LogP contribution in [-0.4, -0.2) is 37.6 Å². The van der Waals surface area contributed by atoms with Crippen molar-refractivity contribution in [2.45, 2.75) is 6.04 Å². The average Bonchev–Trinajstić information content (AvgIpc) is 2.64. The third kappa shape index (κ3) is 4.97. The zero-order valence-electron chi connectivity index (χ0n) is 13.7. The third-order valence-electron chi connectivity index (χ3n) is 3.38. The van der Waals surface area contributed by atoms with E-state index in [1.54, 1.807) is 30.3 Å². The minimum absolute atomic E-state index is 0.148. The molecule has 0 saturated carbocycles. The molecular weight excluding hydrogens is 381 g/mol. The molecule has 1 N–H and O–H groups in total. The molecule has 6 nitrogen and oxygen atoms in total. The second-order valence-corrected chi connectivity index (χ2v) is 5.92. The lowest BCUT2D eigenvalue weighted by atomic mass is 10.2. The molecule has 0 fully saturated rings. The zero-order chi connectivity index (χ0) is 19.1. The van der Waals surface area contributed by atoms with Gasteiger partial charge in [0.15, 0.2) is 6.04 Å². The van der Waals surface area contributed by atoms with Gasteiger partial charge < -0.3 is 14.8 Å². The lowest BCUT2D eigenvalue weighted by Crippen LogP contribution is -2.45. The van der Waals surface area contributed by atoms with Crippen molar-refractivity contribution in [3.63, 3.8) is 0 Å². The van der Waals surface area contributed by atoms with E-state index in [1.807, 2.05) is 0 Å². The minimum atomic E-state index is -1.20. The maximum atomic E-state index is 12.3. The van der Waals surface area contributed by atoms with Crippen molar-refractivity contribution in [1.82, 2.24) is 5.32 Å². The Balaban J connectivity index is 2.07. The van der Waals surface area contributed by atoms with Gasteiger partial charge >= 0.3 is 11.9 Å². The van der Waals surface area contributed by atoms with Gasteiger partial charge in [-0.05, 0) is 24.3 Å². The normalized spacial score (nSPS) is 11.3. The maximum Gasteiger partial charge on any atom is 0.339 e. The van der Waals surface area contributed by atoms with Gasteiger partial charge in [0.1, 0.15) is 6.61 Å². The van der Waals surface area contributed by atoms with Crippen molar-refractivity contribution >= 4 is 41.0 Å². The Kier molecular flexibility index (Phi) is 7.00. The van der Waals surface area contributed by atoms with Crippen LogP contribution in [0.5, 0.6) is 0 Å². The molecule has 0 aromatic heterocycles. The first-order valence-electron chi connectivity index (χ1n) is 7.49. The van der Waals surface area contributed by atoms with Crippen molar-refractivity contribution in [2.75, 3.05) is 13.7 Å². The highest BCUT2D eigenvalue weighted by molar-refractivity contribution is 6.34. The Morgan fingerprint density at radius 3 is 2.04 bits per heavy atom. The van der Waals surface area contributed by atoms with E-state index in [0.29, 0.717) is 0 Å². The number of methoxy groups -OCH3 is 1. The van der Waals surface area contributed by atoms with Crippen molar-refractivity contribution in [2.24, 2.45) is 0 Å². The molecule has 1 unspecified atom stereocenters. The van der Waals surface area contributed by atoms with Crippen LogP contribution in [0.25, 0.3) is 0 Å². The Morgan fingerprint density at radius 2 is 1.50 bits per heavy atom. The highest BCUT2D eigenvalue weighted by Gasteiger charge is 2.25. The van der Waals surface area contributed by atoms with E-state index in [4.69, 9.17) is 27.9 Å². The summed E-state index contributed by atoms with van der Waals surface area (Å²) < 4.78 is 9.73. The minimum Gasteiger partial charge on any atom is -0.467 e. The number of carbonyl (C=O) groups is 3. The lowest BCUT2D eigenvalue weighted by molar-refractivity contribution is -0.143. The molecule has 0 radical (unpaired) electrons. The fourth-order valence-corrected chi connectivity index (χ4v) is 2.49. The molecule has 0 saturated heterocycles. The molecule has 0 bridgehead atoms. The summed E-state index contributed by atoms with van der Waals surface area (Å²) in [5.41, 5.74) is 0.329. The molecule has 2 aromatic rings. The second-order valence-electron chi connectivity index (χ2n) is 5.11. The van der Waals surface area contributed by atoms with Crippen molar-refractivity contribution < 1.29 is 23.9 Å². The maximum absolute atomic E-state index is 12.3. The van der Waals surface area contributed by atoms with E-state index in [1.165, 1.54) is 18.2 Å². The number of esters is 2. The number of benzene rings is 2. The van der Waals surface area contributed by atoms with E-state index in [0.717, 1.165) is 7.11 Å². The molecule has 26 heavy (non-hydrogen) atoms. The van der Waals surface area contributed by atoms with Gasteiger partial charge in [-0.2, -0.15) is 0 Å². The number of hydrogen-bond acceptors (Lipinski definition) is 5. The van der Waals surface area contributed by atoms with Gasteiger partial charge in [-0.15, -0.1) is 0 Å². The van der Waals surface area contributed by atoms with Gasteiger partial charge in [0.25, 0.3) is 5.91 Å². The molecule has 0 aliphatic heterocycles. The van der Waals surface area contributed by atoms with Gasteiger partial charge in [0.05, 0.1) is 28.3 Å². The Hall–Kier alpha value is -2.57. The molecule has 0 heterocycles. The van der Waals surface area contributed by atoms with E-state index in [2.05, 4.69) is 10.1 Å². The monoisotopic (exact) mass is 395 g/mol. The molecular formula is C18H15Cl2NO5. The van der Waals surface area contributed by atoms with Crippen molar-refractivity contribution in [3.05, 3.63) is 69.7 Å². The first-order valence-corrected chi connectivity index (χ1v) is 8.24. The van der Waals surface area contributed by atoms with Crippen LogP contribution in [0.2, 0.25) is 10.0 Å². The molecule has 8 heteroatoms. The molecule has 1 amide bonds. The number of halogens is 2. The van der Waals surface area contributed by atoms with Crippen molar-refractivity contribution in [1.29, 1.82) is 0 Å². The highest BCUT2D eigenvalue weighted by atomic mass is 35.5. The van der Waals surface area contributed by atoms with Gasteiger partial charge in [-0.25, -0.2) is 9.59 Å². The van der Waals surface area contributed by atoms with Crippen LogP contribution in [0.1, 0.15) is 20.7 Å². The van der Waals surface area contributed by atoms with E-state index < -0.39 is 30.5 Å². The summed E-state index contributed by atoms with van der Waals surface area (Å²) in [6.45, 7) is -0.424. The van der Waals surface area contributed by atoms with Crippen LogP contribution in [-0.2, 0) is 14.3 Å². The fourth-order valence-electron chi connectivity index (χ4n) is 2.06. The number of rotatable bonds is 6. The smallest absolute Gasteiger partial charge is 0.339 e. The summed E-state index contributed by atoms with van der Waals surface area (Å²) in [6, 6.07) is 11.5. The predicted molar refractivity (Wildman–Crippen MR) is 96.5 cm³/mol. The largest absolute Gasteiger partial charge is 0.467 e. The van der Waals surface area contributed by atoms with Crippen LogP contribution < -0.4 is 5.32 Å². The summed E-state index contributed by atoms with van der Waals surface area (Å²) >= 11 is 11.9. The Bertz CT molecular complexity index is 825. The number of nitrogens with one attached hydrogen (secondary N) is 1. The quantitative estimate of drug-likeness (QED) is 0.759. The summed E-state index contributed by atoms with van der Waals surface area (Å²) in [7, 11) is 1.16. The molecule has 2 rings (SSSR count). The summed E-state index contributed by atoms with van der Waals surface area (Å²) in [4.78, 5) is 36.3. The topological polar surface area (TPSA) is 81.7 Å². The van der Waals surface area contributed by atoms with Crippen LogP contribution >= 0.6 is 23.2 Å². The van der Waals surface area contributed by atoms with E-state index >= 15 is 0 Å². The summed E-state index contributed by atoms with van der Waals surface area (Å²) in [5, 5.41) is 2.88. The van der Waals surface area contributed by atoms with Crippen molar-refractivity contribution in [3.8, 4) is 0 Å². The summed E-state index contributed by atoms with van der Waals surface area (Å²) in [5.74, 6) is -2.09. The predicted octanol–water partition coefficient (Wildman–Crippen LogP) is 3.12. The Morgan fingerprint density at radius 1 is 0.962 bits per heavy atom. The number of ether oxygens (including phenoxy) is 2. The number of amides is 1. The summed E-state index contributed by atoms with van der Waals surface area (Å²) in [6.07, 6.45) is 0.